The Hall–Kier alpha value is -1.11. The van der Waals surface area contributed by atoms with Gasteiger partial charge >= 0.3 is 0 Å². The molecule has 2 unspecified atom stereocenters. The standard InChI is InChI=1S/C17H26N2O3S/c1-14-13-22-17-8-4-3-7-16(17)12-18(14)10-15-6-5-9-19(11-15)23(2,20)21/h3-4,7-8,14-15H,5-6,9-13H2,1-2H3. The Labute approximate surface area is 139 Å². The van der Waals surface area contributed by atoms with Crippen LogP contribution >= 0.6 is 0 Å². The normalized spacial score (nSPS) is 27.0. The van der Waals surface area contributed by atoms with Gasteiger partial charge in [-0.15, -0.1) is 0 Å². The zero-order valence-corrected chi connectivity index (χ0v) is 14.8. The summed E-state index contributed by atoms with van der Waals surface area (Å²) in [6.07, 6.45) is 3.36. The first-order valence-electron chi connectivity index (χ1n) is 8.33. The number of fused-ring (bicyclic) bond motifs is 1. The maximum Gasteiger partial charge on any atom is 0.211 e. The van der Waals surface area contributed by atoms with Gasteiger partial charge in [0.25, 0.3) is 0 Å². The van der Waals surface area contributed by atoms with Crippen molar-refractivity contribution in [1.29, 1.82) is 0 Å². The minimum absolute atomic E-state index is 0.330. The van der Waals surface area contributed by atoms with Gasteiger partial charge < -0.3 is 4.74 Å². The quantitative estimate of drug-likeness (QED) is 0.845. The van der Waals surface area contributed by atoms with Crippen LogP contribution in [0.4, 0.5) is 0 Å². The minimum atomic E-state index is -3.08. The van der Waals surface area contributed by atoms with Gasteiger partial charge in [-0.05, 0) is 31.7 Å². The van der Waals surface area contributed by atoms with Crippen LogP contribution in [-0.2, 0) is 16.6 Å². The fourth-order valence-corrected chi connectivity index (χ4v) is 4.46. The maximum atomic E-state index is 11.8. The number of benzene rings is 1. The lowest BCUT2D eigenvalue weighted by Crippen LogP contribution is -2.45. The summed E-state index contributed by atoms with van der Waals surface area (Å²) in [7, 11) is -3.08. The lowest BCUT2D eigenvalue weighted by Gasteiger charge is -2.35. The first-order chi connectivity index (χ1) is 10.9. The highest BCUT2D eigenvalue weighted by molar-refractivity contribution is 7.88. The molecule has 0 N–H and O–H groups in total. The molecule has 0 aliphatic carbocycles. The highest BCUT2D eigenvalue weighted by Crippen LogP contribution is 2.27. The van der Waals surface area contributed by atoms with Gasteiger partial charge in [-0.3, -0.25) is 4.90 Å². The fourth-order valence-electron chi connectivity index (χ4n) is 3.52. The third-order valence-corrected chi connectivity index (χ3v) is 6.16. The third-order valence-electron chi connectivity index (χ3n) is 4.89. The van der Waals surface area contributed by atoms with E-state index in [1.165, 1.54) is 11.8 Å². The van der Waals surface area contributed by atoms with Crippen molar-refractivity contribution in [2.24, 2.45) is 5.92 Å². The zero-order chi connectivity index (χ0) is 16.4. The summed E-state index contributed by atoms with van der Waals surface area (Å²) >= 11 is 0. The molecule has 2 atom stereocenters. The fraction of sp³-hybridized carbons (Fsp3) is 0.647. The Morgan fingerprint density at radius 1 is 1.30 bits per heavy atom. The Morgan fingerprint density at radius 3 is 2.87 bits per heavy atom. The second-order valence-electron chi connectivity index (χ2n) is 6.83. The SMILES string of the molecule is CC1COc2ccccc2CN1CC1CCCN(S(C)(=O)=O)C1. The van der Waals surface area contributed by atoms with E-state index < -0.39 is 10.0 Å². The van der Waals surface area contributed by atoms with Gasteiger partial charge in [0.2, 0.25) is 10.0 Å². The molecule has 1 aromatic carbocycles. The van der Waals surface area contributed by atoms with Crippen molar-refractivity contribution >= 4 is 10.0 Å². The number of para-hydroxylation sites is 1. The molecule has 0 amide bonds. The number of sulfonamides is 1. The highest BCUT2D eigenvalue weighted by atomic mass is 32.2. The lowest BCUT2D eigenvalue weighted by atomic mass is 9.98. The number of rotatable bonds is 3. The van der Waals surface area contributed by atoms with Gasteiger partial charge in [-0.1, -0.05) is 18.2 Å². The maximum absolute atomic E-state index is 11.8. The molecule has 6 heteroatoms. The zero-order valence-electron chi connectivity index (χ0n) is 13.9. The van der Waals surface area contributed by atoms with E-state index in [0.717, 1.165) is 31.7 Å². The molecule has 23 heavy (non-hydrogen) atoms. The molecule has 2 aliphatic rings. The first kappa shape index (κ1) is 16.7. The van der Waals surface area contributed by atoms with Crippen molar-refractivity contribution in [2.75, 3.05) is 32.5 Å². The smallest absolute Gasteiger partial charge is 0.211 e. The predicted molar refractivity (Wildman–Crippen MR) is 90.9 cm³/mol. The predicted octanol–water partition coefficient (Wildman–Crippen LogP) is 1.94. The topological polar surface area (TPSA) is 49.9 Å². The molecule has 0 saturated carbocycles. The van der Waals surface area contributed by atoms with Crippen LogP contribution in [-0.4, -0.2) is 56.2 Å². The molecule has 2 aliphatic heterocycles. The summed E-state index contributed by atoms with van der Waals surface area (Å²) in [5.41, 5.74) is 1.22. The second kappa shape index (κ2) is 6.79. The number of nitrogens with zero attached hydrogens (tertiary/aromatic N) is 2. The van der Waals surface area contributed by atoms with E-state index in [4.69, 9.17) is 4.74 Å². The molecule has 0 spiro atoms. The van der Waals surface area contributed by atoms with E-state index in [2.05, 4.69) is 17.9 Å². The van der Waals surface area contributed by atoms with Crippen LogP contribution in [0, 0.1) is 5.92 Å². The Kier molecular flexibility index (Phi) is 4.94. The van der Waals surface area contributed by atoms with Gasteiger partial charge in [-0.25, -0.2) is 12.7 Å². The average molecular weight is 338 g/mol. The van der Waals surface area contributed by atoms with E-state index in [0.29, 0.717) is 31.7 Å². The molecule has 1 saturated heterocycles. The largest absolute Gasteiger partial charge is 0.492 e. The van der Waals surface area contributed by atoms with Crippen LogP contribution in [0.2, 0.25) is 0 Å². The molecule has 128 valence electrons. The van der Waals surface area contributed by atoms with Crippen molar-refractivity contribution in [2.45, 2.75) is 32.4 Å². The van der Waals surface area contributed by atoms with Gasteiger partial charge in [-0.2, -0.15) is 0 Å². The van der Waals surface area contributed by atoms with Gasteiger partial charge in [0.1, 0.15) is 12.4 Å². The van der Waals surface area contributed by atoms with Gasteiger partial charge in [0.15, 0.2) is 0 Å². The Balaban J connectivity index is 1.69. The summed E-state index contributed by atoms with van der Waals surface area (Å²) in [5.74, 6) is 1.37. The van der Waals surface area contributed by atoms with E-state index in [9.17, 15) is 8.42 Å². The molecule has 0 radical (unpaired) electrons. The molecule has 0 aromatic heterocycles. The van der Waals surface area contributed by atoms with Crippen LogP contribution in [0.5, 0.6) is 5.75 Å². The number of ether oxygens (including phenoxy) is 1. The van der Waals surface area contributed by atoms with Crippen molar-refractivity contribution in [3.8, 4) is 5.75 Å². The summed E-state index contributed by atoms with van der Waals surface area (Å²) in [5, 5.41) is 0. The second-order valence-corrected chi connectivity index (χ2v) is 8.81. The molecule has 0 bridgehead atoms. The van der Waals surface area contributed by atoms with Crippen molar-refractivity contribution in [1.82, 2.24) is 9.21 Å². The van der Waals surface area contributed by atoms with Crippen LogP contribution in [0.1, 0.15) is 25.3 Å². The molecular weight excluding hydrogens is 312 g/mol. The minimum Gasteiger partial charge on any atom is -0.492 e. The van der Waals surface area contributed by atoms with Gasteiger partial charge in [0.05, 0.1) is 6.26 Å². The molecular formula is C17H26N2O3S. The van der Waals surface area contributed by atoms with E-state index in [1.54, 1.807) is 4.31 Å². The lowest BCUT2D eigenvalue weighted by molar-refractivity contribution is 0.117. The number of hydrogen-bond donors (Lipinski definition) is 0. The number of piperidine rings is 1. The summed E-state index contributed by atoms with van der Waals surface area (Å²) in [6.45, 7) is 5.96. The third kappa shape index (κ3) is 4.05. The summed E-state index contributed by atoms with van der Waals surface area (Å²) in [4.78, 5) is 2.43. The van der Waals surface area contributed by atoms with Gasteiger partial charge in [0, 0.05) is 37.8 Å². The van der Waals surface area contributed by atoms with Crippen molar-refractivity contribution < 1.29 is 13.2 Å². The Morgan fingerprint density at radius 2 is 2.09 bits per heavy atom. The molecule has 1 aromatic rings. The van der Waals surface area contributed by atoms with E-state index >= 15 is 0 Å². The van der Waals surface area contributed by atoms with Crippen LogP contribution in [0.25, 0.3) is 0 Å². The Bertz CT molecular complexity index is 647. The summed E-state index contributed by atoms with van der Waals surface area (Å²) < 4.78 is 31.1. The molecule has 1 fully saturated rings. The molecule has 3 rings (SSSR count). The average Bonchev–Trinajstić information content (AvgIpc) is 2.67. The number of hydrogen-bond acceptors (Lipinski definition) is 4. The molecule has 5 nitrogen and oxygen atoms in total. The summed E-state index contributed by atoms with van der Waals surface area (Å²) in [6, 6.07) is 8.52. The van der Waals surface area contributed by atoms with Crippen LogP contribution < -0.4 is 4.74 Å². The monoisotopic (exact) mass is 338 g/mol. The highest BCUT2D eigenvalue weighted by Gasteiger charge is 2.29. The van der Waals surface area contributed by atoms with E-state index in [-0.39, 0.29) is 0 Å². The van der Waals surface area contributed by atoms with Crippen molar-refractivity contribution in [3.63, 3.8) is 0 Å². The van der Waals surface area contributed by atoms with E-state index in [1.807, 2.05) is 18.2 Å². The molecule has 2 heterocycles. The van der Waals surface area contributed by atoms with Crippen LogP contribution in [0.15, 0.2) is 24.3 Å². The van der Waals surface area contributed by atoms with Crippen LogP contribution in [0.3, 0.4) is 0 Å². The van der Waals surface area contributed by atoms with Crippen molar-refractivity contribution in [3.05, 3.63) is 29.8 Å². The first-order valence-corrected chi connectivity index (χ1v) is 10.2.